The zero-order valence-corrected chi connectivity index (χ0v) is 12.3. The second-order valence-electron chi connectivity index (χ2n) is 6.18. The first-order chi connectivity index (χ1) is 9.82. The molecule has 0 spiro atoms. The van der Waals surface area contributed by atoms with E-state index in [0.717, 1.165) is 30.8 Å². The van der Waals surface area contributed by atoms with Crippen molar-refractivity contribution in [2.45, 2.75) is 25.7 Å². The number of aliphatic hydroxyl groups is 1. The van der Waals surface area contributed by atoms with E-state index in [1.54, 1.807) is 17.7 Å². The van der Waals surface area contributed by atoms with Gasteiger partial charge in [-0.05, 0) is 30.2 Å². The summed E-state index contributed by atoms with van der Waals surface area (Å²) in [6.07, 6.45) is 6.62. The molecule has 4 rings (SSSR count). The van der Waals surface area contributed by atoms with Gasteiger partial charge in [0, 0.05) is 18.5 Å². The Hall–Kier alpha value is -1.20. The molecule has 0 amide bonds. The molecule has 2 unspecified atom stereocenters. The fourth-order valence-corrected chi connectivity index (χ4v) is 4.86. The lowest BCUT2D eigenvalue weighted by molar-refractivity contribution is 0.0627. The predicted octanol–water partition coefficient (Wildman–Crippen LogP) is 2.68. The summed E-state index contributed by atoms with van der Waals surface area (Å²) in [6.45, 7) is 2.29. The van der Waals surface area contributed by atoms with Gasteiger partial charge in [-0.3, -0.25) is 0 Å². The standard InChI is InChI=1S/C15H19N3OS/c19-9-15-5-2-1-3-11(15)7-18(8-15)14-13-12(4-6-20-13)16-10-17-14/h4,6,10-11,19H,1-3,5,7-9H2. The van der Waals surface area contributed by atoms with Gasteiger partial charge >= 0.3 is 0 Å². The average molecular weight is 289 g/mol. The van der Waals surface area contributed by atoms with Crippen LogP contribution in [-0.4, -0.2) is 34.8 Å². The molecule has 0 aromatic carbocycles. The lowest BCUT2D eigenvalue weighted by Crippen LogP contribution is -2.37. The molecule has 2 aliphatic rings. The predicted molar refractivity (Wildman–Crippen MR) is 81.1 cm³/mol. The van der Waals surface area contributed by atoms with Crippen LogP contribution in [0.1, 0.15) is 25.7 Å². The van der Waals surface area contributed by atoms with E-state index in [0.29, 0.717) is 12.5 Å². The van der Waals surface area contributed by atoms with E-state index in [1.807, 2.05) is 0 Å². The Morgan fingerprint density at radius 3 is 3.20 bits per heavy atom. The van der Waals surface area contributed by atoms with Crippen LogP contribution in [0.2, 0.25) is 0 Å². The normalized spacial score (nSPS) is 29.9. The van der Waals surface area contributed by atoms with Crippen molar-refractivity contribution in [2.24, 2.45) is 11.3 Å². The van der Waals surface area contributed by atoms with Crippen molar-refractivity contribution < 1.29 is 5.11 Å². The summed E-state index contributed by atoms with van der Waals surface area (Å²) in [5.74, 6) is 1.68. The Morgan fingerprint density at radius 1 is 1.40 bits per heavy atom. The molecular weight excluding hydrogens is 270 g/mol. The summed E-state index contributed by atoms with van der Waals surface area (Å²) in [4.78, 5) is 11.2. The topological polar surface area (TPSA) is 49.2 Å². The molecule has 0 bridgehead atoms. The third-order valence-electron chi connectivity index (χ3n) is 5.13. The maximum atomic E-state index is 9.93. The minimum Gasteiger partial charge on any atom is -0.396 e. The molecule has 5 heteroatoms. The third-order valence-corrected chi connectivity index (χ3v) is 6.03. The van der Waals surface area contributed by atoms with Gasteiger partial charge in [-0.15, -0.1) is 11.3 Å². The van der Waals surface area contributed by atoms with Crippen molar-refractivity contribution in [2.75, 3.05) is 24.6 Å². The van der Waals surface area contributed by atoms with Crippen molar-refractivity contribution >= 4 is 27.4 Å². The molecule has 2 fully saturated rings. The second-order valence-corrected chi connectivity index (χ2v) is 7.09. The minimum atomic E-state index is 0.104. The van der Waals surface area contributed by atoms with E-state index in [2.05, 4.69) is 26.3 Å². The lowest BCUT2D eigenvalue weighted by atomic mass is 9.69. The molecule has 4 nitrogen and oxygen atoms in total. The highest BCUT2D eigenvalue weighted by Gasteiger charge is 2.47. The SMILES string of the molecule is OCC12CCCCC1CN(c1ncnc3ccsc13)C2. The smallest absolute Gasteiger partial charge is 0.150 e. The highest BCUT2D eigenvalue weighted by atomic mass is 32.1. The average Bonchev–Trinajstić information content (AvgIpc) is 3.11. The monoisotopic (exact) mass is 289 g/mol. The molecule has 1 saturated heterocycles. The molecule has 2 aromatic rings. The molecule has 106 valence electrons. The van der Waals surface area contributed by atoms with Crippen molar-refractivity contribution in [3.63, 3.8) is 0 Å². The Balaban J connectivity index is 1.72. The summed E-state index contributed by atoms with van der Waals surface area (Å²) in [5, 5.41) is 12.0. The summed E-state index contributed by atoms with van der Waals surface area (Å²) < 4.78 is 1.18. The summed E-state index contributed by atoms with van der Waals surface area (Å²) >= 11 is 1.71. The number of rotatable bonds is 2. The Morgan fingerprint density at radius 2 is 2.35 bits per heavy atom. The maximum absolute atomic E-state index is 9.93. The molecule has 0 radical (unpaired) electrons. The van der Waals surface area contributed by atoms with E-state index in [9.17, 15) is 5.11 Å². The van der Waals surface area contributed by atoms with Crippen LogP contribution < -0.4 is 4.90 Å². The number of hydrogen-bond acceptors (Lipinski definition) is 5. The molecule has 1 aliphatic carbocycles. The molecule has 2 atom stereocenters. The molecule has 1 aliphatic heterocycles. The fourth-order valence-electron chi connectivity index (χ4n) is 4.00. The van der Waals surface area contributed by atoms with Gasteiger partial charge in [0.25, 0.3) is 0 Å². The zero-order chi connectivity index (χ0) is 13.6. The highest BCUT2D eigenvalue weighted by Crippen LogP contribution is 2.48. The first kappa shape index (κ1) is 12.5. The van der Waals surface area contributed by atoms with Gasteiger partial charge < -0.3 is 10.0 Å². The van der Waals surface area contributed by atoms with Gasteiger partial charge in [0.15, 0.2) is 0 Å². The van der Waals surface area contributed by atoms with Crippen LogP contribution in [0.5, 0.6) is 0 Å². The number of nitrogens with zero attached hydrogens (tertiary/aromatic N) is 3. The summed E-state index contributed by atoms with van der Waals surface area (Å²) in [7, 11) is 0. The van der Waals surface area contributed by atoms with Crippen molar-refractivity contribution in [3.05, 3.63) is 17.8 Å². The van der Waals surface area contributed by atoms with Gasteiger partial charge in [-0.2, -0.15) is 0 Å². The number of aromatic nitrogens is 2. The van der Waals surface area contributed by atoms with Crippen LogP contribution in [0.3, 0.4) is 0 Å². The van der Waals surface area contributed by atoms with E-state index in [1.165, 1.54) is 24.0 Å². The second kappa shape index (κ2) is 4.67. The lowest BCUT2D eigenvalue weighted by Gasteiger charge is -2.36. The van der Waals surface area contributed by atoms with Crippen LogP contribution in [0.25, 0.3) is 10.2 Å². The number of fused-ring (bicyclic) bond motifs is 2. The molecule has 1 N–H and O–H groups in total. The highest BCUT2D eigenvalue weighted by molar-refractivity contribution is 7.17. The van der Waals surface area contributed by atoms with Gasteiger partial charge in [-0.25, -0.2) is 9.97 Å². The number of aliphatic hydroxyl groups excluding tert-OH is 1. The number of thiophene rings is 1. The fraction of sp³-hybridized carbons (Fsp3) is 0.600. The summed E-state index contributed by atoms with van der Waals surface area (Å²) in [5.41, 5.74) is 1.14. The van der Waals surface area contributed by atoms with Crippen LogP contribution >= 0.6 is 11.3 Å². The summed E-state index contributed by atoms with van der Waals surface area (Å²) in [6, 6.07) is 2.05. The van der Waals surface area contributed by atoms with Crippen LogP contribution in [0.15, 0.2) is 17.8 Å². The molecule has 1 saturated carbocycles. The van der Waals surface area contributed by atoms with E-state index in [-0.39, 0.29) is 5.41 Å². The van der Waals surface area contributed by atoms with Crippen molar-refractivity contribution in [3.8, 4) is 0 Å². The van der Waals surface area contributed by atoms with E-state index in [4.69, 9.17) is 0 Å². The van der Waals surface area contributed by atoms with Crippen molar-refractivity contribution in [1.82, 2.24) is 9.97 Å². The Labute approximate surface area is 122 Å². The first-order valence-electron chi connectivity index (χ1n) is 7.36. The minimum absolute atomic E-state index is 0.104. The molecular formula is C15H19N3OS. The largest absolute Gasteiger partial charge is 0.396 e. The van der Waals surface area contributed by atoms with Gasteiger partial charge in [0.2, 0.25) is 0 Å². The Kier molecular flexibility index (Phi) is 2.93. The molecule has 2 aromatic heterocycles. The van der Waals surface area contributed by atoms with Crippen LogP contribution in [-0.2, 0) is 0 Å². The molecule has 3 heterocycles. The van der Waals surface area contributed by atoms with Gasteiger partial charge in [0.05, 0.1) is 16.8 Å². The van der Waals surface area contributed by atoms with E-state index < -0.39 is 0 Å². The first-order valence-corrected chi connectivity index (χ1v) is 8.24. The molecule has 20 heavy (non-hydrogen) atoms. The maximum Gasteiger partial charge on any atom is 0.150 e. The number of hydrogen-bond donors (Lipinski definition) is 1. The van der Waals surface area contributed by atoms with Crippen LogP contribution in [0.4, 0.5) is 5.82 Å². The van der Waals surface area contributed by atoms with E-state index >= 15 is 0 Å². The Bertz CT molecular complexity index is 628. The zero-order valence-electron chi connectivity index (χ0n) is 11.5. The quantitative estimate of drug-likeness (QED) is 0.923. The van der Waals surface area contributed by atoms with Crippen molar-refractivity contribution in [1.29, 1.82) is 0 Å². The number of anilines is 1. The third kappa shape index (κ3) is 1.76. The van der Waals surface area contributed by atoms with Gasteiger partial charge in [-0.1, -0.05) is 12.8 Å². The van der Waals surface area contributed by atoms with Gasteiger partial charge in [0.1, 0.15) is 12.1 Å². The van der Waals surface area contributed by atoms with Crippen LogP contribution in [0, 0.1) is 11.3 Å².